The Balaban J connectivity index is 1.68. The van der Waals surface area contributed by atoms with E-state index in [0.29, 0.717) is 25.2 Å². The summed E-state index contributed by atoms with van der Waals surface area (Å²) < 4.78 is 0. The van der Waals surface area contributed by atoms with Crippen LogP contribution < -0.4 is 0 Å². The summed E-state index contributed by atoms with van der Waals surface area (Å²) in [6.07, 6.45) is 0.895. The fourth-order valence-corrected chi connectivity index (χ4v) is 3.47. The molecule has 130 valence electrons. The van der Waals surface area contributed by atoms with Crippen molar-refractivity contribution in [1.29, 1.82) is 0 Å². The zero-order chi connectivity index (χ0) is 17.3. The molecule has 1 N–H and O–H groups in total. The average Bonchev–Trinajstić information content (AvgIpc) is 2.72. The van der Waals surface area contributed by atoms with Gasteiger partial charge < -0.3 is 19.8 Å². The number of hydrogen-bond acceptors (Lipinski definition) is 4. The Hall–Kier alpha value is -1.92. The molecule has 2 heterocycles. The Morgan fingerprint density at radius 3 is 2.71 bits per heavy atom. The van der Waals surface area contributed by atoms with Crippen LogP contribution in [0, 0.1) is 0 Å². The van der Waals surface area contributed by atoms with E-state index in [2.05, 4.69) is 4.90 Å². The maximum absolute atomic E-state index is 12.8. The molecule has 0 aliphatic carbocycles. The minimum Gasteiger partial charge on any atom is -0.378 e. The Bertz CT molecular complexity index is 644. The molecule has 3 rings (SSSR count). The van der Waals surface area contributed by atoms with Crippen LogP contribution in [0.15, 0.2) is 24.3 Å². The van der Waals surface area contributed by atoms with Crippen molar-refractivity contribution in [2.45, 2.75) is 25.5 Å². The summed E-state index contributed by atoms with van der Waals surface area (Å²) in [6.45, 7) is 4.99. The molecule has 1 fully saturated rings. The van der Waals surface area contributed by atoms with Gasteiger partial charge >= 0.3 is 0 Å². The third-order valence-electron chi connectivity index (χ3n) is 4.86. The average molecular weight is 331 g/mol. The SMILES string of the molecule is CN1CCCN(C(=O)C(C)(O)CN2Cc3ccccc3C2=O)CC1. The molecule has 0 saturated carbocycles. The highest BCUT2D eigenvalue weighted by Crippen LogP contribution is 2.25. The van der Waals surface area contributed by atoms with Crippen LogP contribution in [0.5, 0.6) is 0 Å². The normalized spacial score (nSPS) is 21.4. The summed E-state index contributed by atoms with van der Waals surface area (Å²) in [7, 11) is 2.03. The van der Waals surface area contributed by atoms with Crippen LogP contribution in [0.3, 0.4) is 0 Å². The summed E-state index contributed by atoms with van der Waals surface area (Å²) in [6, 6.07) is 7.43. The van der Waals surface area contributed by atoms with Crippen molar-refractivity contribution in [1.82, 2.24) is 14.7 Å². The molecule has 0 spiro atoms. The Morgan fingerprint density at radius 1 is 1.21 bits per heavy atom. The molecule has 2 amide bonds. The van der Waals surface area contributed by atoms with Gasteiger partial charge in [-0.25, -0.2) is 0 Å². The molecular formula is C18H25N3O3. The first-order valence-corrected chi connectivity index (χ1v) is 8.46. The molecule has 24 heavy (non-hydrogen) atoms. The lowest BCUT2D eigenvalue weighted by atomic mass is 10.0. The second-order valence-electron chi connectivity index (χ2n) is 7.04. The number of rotatable bonds is 3. The molecular weight excluding hydrogens is 306 g/mol. The van der Waals surface area contributed by atoms with E-state index in [-0.39, 0.29) is 18.4 Å². The molecule has 0 bridgehead atoms. The van der Waals surface area contributed by atoms with Crippen molar-refractivity contribution >= 4 is 11.8 Å². The fourth-order valence-electron chi connectivity index (χ4n) is 3.47. The number of hydrogen-bond donors (Lipinski definition) is 1. The van der Waals surface area contributed by atoms with E-state index in [9.17, 15) is 14.7 Å². The van der Waals surface area contributed by atoms with Gasteiger partial charge in [-0.1, -0.05) is 18.2 Å². The number of carbonyl (C=O) groups excluding carboxylic acids is 2. The summed E-state index contributed by atoms with van der Waals surface area (Å²) >= 11 is 0. The third kappa shape index (κ3) is 3.30. The first-order valence-electron chi connectivity index (χ1n) is 8.46. The van der Waals surface area contributed by atoms with Gasteiger partial charge in [0.15, 0.2) is 5.60 Å². The minimum absolute atomic E-state index is 0.0195. The number of amides is 2. The molecule has 1 unspecified atom stereocenters. The maximum atomic E-state index is 12.8. The number of aliphatic hydroxyl groups is 1. The van der Waals surface area contributed by atoms with Crippen molar-refractivity contribution in [3.63, 3.8) is 0 Å². The largest absolute Gasteiger partial charge is 0.378 e. The van der Waals surface area contributed by atoms with Crippen molar-refractivity contribution in [3.8, 4) is 0 Å². The molecule has 6 nitrogen and oxygen atoms in total. The number of β-amino-alcohol motifs (C(OH)–C–C–N with tert-alkyl or cyclic N) is 1. The topological polar surface area (TPSA) is 64.1 Å². The smallest absolute Gasteiger partial charge is 0.256 e. The van der Waals surface area contributed by atoms with Gasteiger partial charge in [-0.2, -0.15) is 0 Å². The molecule has 1 aromatic carbocycles. The lowest BCUT2D eigenvalue weighted by Crippen LogP contribution is -2.54. The third-order valence-corrected chi connectivity index (χ3v) is 4.86. The Morgan fingerprint density at radius 2 is 1.96 bits per heavy atom. The first-order chi connectivity index (χ1) is 11.4. The minimum atomic E-state index is -1.57. The first kappa shape index (κ1) is 16.9. The van der Waals surface area contributed by atoms with Crippen LogP contribution in [-0.2, 0) is 11.3 Å². The molecule has 6 heteroatoms. The summed E-state index contributed by atoms with van der Waals surface area (Å²) in [4.78, 5) is 30.7. The molecule has 0 aromatic heterocycles. The van der Waals surface area contributed by atoms with Crippen LogP contribution in [0.4, 0.5) is 0 Å². The Labute approximate surface area is 142 Å². The van der Waals surface area contributed by atoms with Crippen LogP contribution in [0.1, 0.15) is 29.3 Å². The van der Waals surface area contributed by atoms with E-state index in [1.807, 2.05) is 25.2 Å². The second kappa shape index (κ2) is 6.53. The van der Waals surface area contributed by atoms with E-state index in [1.54, 1.807) is 15.9 Å². The zero-order valence-electron chi connectivity index (χ0n) is 14.4. The van der Waals surface area contributed by atoms with E-state index in [1.165, 1.54) is 6.92 Å². The number of fused-ring (bicyclic) bond motifs is 1. The highest BCUT2D eigenvalue weighted by Gasteiger charge is 2.40. The van der Waals surface area contributed by atoms with Gasteiger partial charge in [0.05, 0.1) is 6.54 Å². The number of nitrogens with zero attached hydrogens (tertiary/aromatic N) is 3. The van der Waals surface area contributed by atoms with E-state index in [0.717, 1.165) is 25.1 Å². The highest BCUT2D eigenvalue weighted by atomic mass is 16.3. The van der Waals surface area contributed by atoms with Crippen molar-refractivity contribution in [3.05, 3.63) is 35.4 Å². The van der Waals surface area contributed by atoms with E-state index < -0.39 is 5.60 Å². The molecule has 2 aliphatic rings. The lowest BCUT2D eigenvalue weighted by molar-refractivity contribution is -0.150. The molecule has 2 aliphatic heterocycles. The fraction of sp³-hybridized carbons (Fsp3) is 0.556. The van der Waals surface area contributed by atoms with Gasteiger partial charge in [-0.15, -0.1) is 0 Å². The van der Waals surface area contributed by atoms with Crippen LogP contribution in [-0.4, -0.2) is 77.0 Å². The standard InChI is InChI=1S/C18H25N3O3/c1-18(24,17(23)20-9-5-8-19(2)10-11-20)13-21-12-14-6-3-4-7-15(14)16(21)22/h3-4,6-7,24H,5,8-13H2,1-2H3. The summed E-state index contributed by atoms with van der Waals surface area (Å²) in [5, 5.41) is 10.8. The highest BCUT2D eigenvalue weighted by molar-refractivity contribution is 5.98. The molecule has 1 aromatic rings. The summed E-state index contributed by atoms with van der Waals surface area (Å²) in [5.41, 5.74) is 0.0416. The zero-order valence-corrected chi connectivity index (χ0v) is 14.4. The van der Waals surface area contributed by atoms with Crippen molar-refractivity contribution in [2.24, 2.45) is 0 Å². The van der Waals surface area contributed by atoms with Crippen LogP contribution in [0.2, 0.25) is 0 Å². The van der Waals surface area contributed by atoms with Crippen molar-refractivity contribution in [2.75, 3.05) is 39.8 Å². The van der Waals surface area contributed by atoms with Gasteiger partial charge in [0.2, 0.25) is 0 Å². The summed E-state index contributed by atoms with van der Waals surface area (Å²) in [5.74, 6) is -0.407. The van der Waals surface area contributed by atoms with Gasteiger partial charge in [-0.05, 0) is 38.6 Å². The quantitative estimate of drug-likeness (QED) is 0.879. The van der Waals surface area contributed by atoms with Gasteiger partial charge in [0.1, 0.15) is 0 Å². The van der Waals surface area contributed by atoms with Gasteiger partial charge in [0, 0.05) is 31.7 Å². The predicted molar refractivity (Wildman–Crippen MR) is 90.5 cm³/mol. The number of benzene rings is 1. The van der Waals surface area contributed by atoms with Gasteiger partial charge in [0.25, 0.3) is 11.8 Å². The van der Waals surface area contributed by atoms with E-state index in [4.69, 9.17) is 0 Å². The molecule has 0 radical (unpaired) electrons. The monoisotopic (exact) mass is 331 g/mol. The number of carbonyl (C=O) groups is 2. The second-order valence-corrected chi connectivity index (χ2v) is 7.04. The van der Waals surface area contributed by atoms with Crippen LogP contribution >= 0.6 is 0 Å². The van der Waals surface area contributed by atoms with Crippen molar-refractivity contribution < 1.29 is 14.7 Å². The Kier molecular flexibility index (Phi) is 4.60. The van der Waals surface area contributed by atoms with E-state index >= 15 is 0 Å². The number of likely N-dealkylation sites (N-methyl/N-ethyl adjacent to an activating group) is 1. The molecule has 1 saturated heterocycles. The van der Waals surface area contributed by atoms with Gasteiger partial charge in [-0.3, -0.25) is 9.59 Å². The predicted octanol–water partition coefficient (Wildman–Crippen LogP) is 0.557. The van der Waals surface area contributed by atoms with Crippen LogP contribution in [0.25, 0.3) is 0 Å². The maximum Gasteiger partial charge on any atom is 0.256 e. The molecule has 1 atom stereocenters. The lowest BCUT2D eigenvalue weighted by Gasteiger charge is -2.33.